The van der Waals surface area contributed by atoms with Gasteiger partial charge in [0, 0.05) is 22.3 Å². The minimum absolute atomic E-state index is 0.111. The molecule has 1 heterocycles. The van der Waals surface area contributed by atoms with E-state index in [9.17, 15) is 13.2 Å². The highest BCUT2D eigenvalue weighted by Gasteiger charge is 2.14. The molecule has 0 saturated carbocycles. The topological polar surface area (TPSA) is 91.9 Å². The minimum Gasteiger partial charge on any atom is -0.280 e. The maximum Gasteiger partial charge on any atom is 0.264 e. The molecular formula is C16H12ClN3O3S. The van der Waals surface area contributed by atoms with Crippen molar-refractivity contribution in [2.24, 2.45) is 0 Å². The lowest BCUT2D eigenvalue weighted by molar-refractivity contribution is 0.601. The van der Waals surface area contributed by atoms with E-state index in [0.29, 0.717) is 22.0 Å². The van der Waals surface area contributed by atoms with Crippen molar-refractivity contribution in [2.75, 3.05) is 4.72 Å². The second kappa shape index (κ2) is 6.46. The number of benzene rings is 2. The number of nitrogens with zero attached hydrogens (tertiary/aromatic N) is 1. The summed E-state index contributed by atoms with van der Waals surface area (Å²) in [6.07, 6.45) is 0. The maximum atomic E-state index is 12.4. The number of sulfonamides is 1. The van der Waals surface area contributed by atoms with Crippen LogP contribution in [-0.4, -0.2) is 18.6 Å². The molecule has 0 fully saturated rings. The van der Waals surface area contributed by atoms with E-state index in [1.54, 1.807) is 30.3 Å². The average molecular weight is 362 g/mol. The average Bonchev–Trinajstić information content (AvgIpc) is 2.56. The van der Waals surface area contributed by atoms with Crippen LogP contribution in [0.1, 0.15) is 0 Å². The molecule has 2 aromatic carbocycles. The van der Waals surface area contributed by atoms with Gasteiger partial charge in [0.05, 0.1) is 10.6 Å². The molecule has 0 radical (unpaired) electrons. The first-order valence-electron chi connectivity index (χ1n) is 6.89. The fourth-order valence-corrected chi connectivity index (χ4v) is 3.25. The van der Waals surface area contributed by atoms with Crippen LogP contribution >= 0.6 is 11.6 Å². The third kappa shape index (κ3) is 3.64. The Morgan fingerprint density at radius 3 is 2.42 bits per heavy atom. The molecule has 0 amide bonds. The first-order valence-corrected chi connectivity index (χ1v) is 8.75. The zero-order chi connectivity index (χ0) is 17.2. The quantitative estimate of drug-likeness (QED) is 0.747. The molecule has 0 bridgehead atoms. The first kappa shape index (κ1) is 16.2. The molecule has 3 rings (SSSR count). The molecule has 122 valence electrons. The summed E-state index contributed by atoms with van der Waals surface area (Å²) in [5.74, 6) is 0. The van der Waals surface area contributed by atoms with Crippen LogP contribution in [0.3, 0.4) is 0 Å². The Morgan fingerprint density at radius 1 is 1.00 bits per heavy atom. The lowest BCUT2D eigenvalue weighted by atomic mass is 10.1. The minimum atomic E-state index is -3.72. The van der Waals surface area contributed by atoms with E-state index < -0.39 is 10.0 Å². The Hall–Kier alpha value is -2.64. The summed E-state index contributed by atoms with van der Waals surface area (Å²) in [5.41, 5.74) is 1.28. The number of nitrogens with one attached hydrogen (secondary N) is 2. The van der Waals surface area contributed by atoms with E-state index in [1.807, 2.05) is 0 Å². The predicted molar refractivity (Wildman–Crippen MR) is 92.6 cm³/mol. The van der Waals surface area contributed by atoms with Crippen molar-refractivity contribution in [3.8, 4) is 11.3 Å². The highest BCUT2D eigenvalue weighted by Crippen LogP contribution is 2.22. The number of hydrogen-bond donors (Lipinski definition) is 2. The molecule has 0 spiro atoms. The van der Waals surface area contributed by atoms with Crippen molar-refractivity contribution < 1.29 is 8.42 Å². The monoisotopic (exact) mass is 361 g/mol. The molecule has 3 aromatic rings. The Labute approximate surface area is 143 Å². The second-order valence-electron chi connectivity index (χ2n) is 4.95. The van der Waals surface area contributed by atoms with Crippen LogP contribution in [0.5, 0.6) is 0 Å². The molecule has 2 N–H and O–H groups in total. The van der Waals surface area contributed by atoms with E-state index in [-0.39, 0.29) is 10.5 Å². The predicted octanol–water partition coefficient (Wildman–Crippen LogP) is 2.89. The number of hydrogen-bond acceptors (Lipinski definition) is 4. The van der Waals surface area contributed by atoms with Crippen molar-refractivity contribution >= 4 is 27.3 Å². The van der Waals surface area contributed by atoms with E-state index in [2.05, 4.69) is 14.9 Å². The molecule has 0 saturated heterocycles. The van der Waals surface area contributed by atoms with Crippen molar-refractivity contribution in [3.05, 3.63) is 76.0 Å². The summed E-state index contributed by atoms with van der Waals surface area (Å²) in [4.78, 5) is 11.2. The van der Waals surface area contributed by atoms with Crippen LogP contribution in [0, 0.1) is 0 Å². The summed E-state index contributed by atoms with van der Waals surface area (Å²) in [6.45, 7) is 0. The molecule has 0 atom stereocenters. The van der Waals surface area contributed by atoms with Crippen molar-refractivity contribution in [3.63, 3.8) is 0 Å². The number of anilines is 1. The van der Waals surface area contributed by atoms with Gasteiger partial charge in [-0.15, -0.1) is 0 Å². The maximum absolute atomic E-state index is 12.4. The SMILES string of the molecule is O=c1ccc(-c2cccc(NS(=O)(=O)c3ccc(Cl)cc3)c2)n[nH]1. The molecular weight excluding hydrogens is 350 g/mol. The summed E-state index contributed by atoms with van der Waals surface area (Å²) >= 11 is 5.77. The summed E-state index contributed by atoms with van der Waals surface area (Å²) in [6, 6.07) is 15.5. The van der Waals surface area contributed by atoms with Crippen molar-refractivity contribution in [1.29, 1.82) is 0 Å². The van der Waals surface area contributed by atoms with E-state index in [4.69, 9.17) is 11.6 Å². The third-order valence-corrected chi connectivity index (χ3v) is 4.86. The molecule has 0 aliphatic rings. The van der Waals surface area contributed by atoms with Gasteiger partial charge in [0.2, 0.25) is 0 Å². The van der Waals surface area contributed by atoms with Crippen LogP contribution < -0.4 is 10.3 Å². The van der Waals surface area contributed by atoms with Gasteiger partial charge in [0.1, 0.15) is 0 Å². The lowest BCUT2D eigenvalue weighted by Gasteiger charge is -2.09. The molecule has 6 nitrogen and oxygen atoms in total. The molecule has 1 aromatic heterocycles. The Morgan fingerprint density at radius 2 is 1.75 bits per heavy atom. The van der Waals surface area contributed by atoms with Gasteiger partial charge in [-0.05, 0) is 42.5 Å². The Balaban J connectivity index is 1.90. The second-order valence-corrected chi connectivity index (χ2v) is 7.07. The highest BCUT2D eigenvalue weighted by molar-refractivity contribution is 7.92. The van der Waals surface area contributed by atoms with E-state index >= 15 is 0 Å². The summed E-state index contributed by atoms with van der Waals surface area (Å²) in [7, 11) is -3.72. The van der Waals surface area contributed by atoms with Crippen LogP contribution in [0.4, 0.5) is 5.69 Å². The van der Waals surface area contributed by atoms with Crippen LogP contribution in [-0.2, 0) is 10.0 Å². The zero-order valence-electron chi connectivity index (χ0n) is 12.2. The number of aromatic nitrogens is 2. The summed E-state index contributed by atoms with van der Waals surface area (Å²) < 4.78 is 27.3. The van der Waals surface area contributed by atoms with Gasteiger partial charge in [-0.1, -0.05) is 23.7 Å². The van der Waals surface area contributed by atoms with Gasteiger partial charge in [0.15, 0.2) is 0 Å². The third-order valence-electron chi connectivity index (χ3n) is 3.21. The van der Waals surface area contributed by atoms with Gasteiger partial charge < -0.3 is 0 Å². The normalized spacial score (nSPS) is 11.2. The van der Waals surface area contributed by atoms with Crippen LogP contribution in [0.25, 0.3) is 11.3 Å². The molecule has 8 heteroatoms. The van der Waals surface area contributed by atoms with Crippen molar-refractivity contribution in [2.45, 2.75) is 4.90 Å². The smallest absolute Gasteiger partial charge is 0.264 e. The lowest BCUT2D eigenvalue weighted by Crippen LogP contribution is -2.12. The van der Waals surface area contributed by atoms with Gasteiger partial charge in [-0.3, -0.25) is 9.52 Å². The van der Waals surface area contributed by atoms with E-state index in [1.165, 1.54) is 30.3 Å². The molecule has 0 aliphatic heterocycles. The standard InChI is InChI=1S/C16H12ClN3O3S/c17-12-4-6-14(7-5-12)24(22,23)20-13-3-1-2-11(10-13)15-8-9-16(21)19-18-15/h1-10,20H,(H,19,21). The van der Waals surface area contributed by atoms with Gasteiger partial charge >= 0.3 is 0 Å². The number of H-pyrrole nitrogens is 1. The van der Waals surface area contributed by atoms with Gasteiger partial charge in [-0.25, -0.2) is 13.5 Å². The van der Waals surface area contributed by atoms with Crippen LogP contribution in [0.15, 0.2) is 70.4 Å². The largest absolute Gasteiger partial charge is 0.280 e. The van der Waals surface area contributed by atoms with Gasteiger partial charge in [0.25, 0.3) is 15.6 Å². The molecule has 0 unspecified atom stereocenters. The fourth-order valence-electron chi connectivity index (χ4n) is 2.08. The Kier molecular flexibility index (Phi) is 4.37. The van der Waals surface area contributed by atoms with Crippen molar-refractivity contribution in [1.82, 2.24) is 10.2 Å². The summed E-state index contributed by atoms with van der Waals surface area (Å²) in [5, 5.41) is 6.72. The highest BCUT2D eigenvalue weighted by atomic mass is 35.5. The fraction of sp³-hybridized carbons (Fsp3) is 0. The molecule has 24 heavy (non-hydrogen) atoms. The zero-order valence-corrected chi connectivity index (χ0v) is 13.8. The number of rotatable bonds is 4. The first-order chi connectivity index (χ1) is 11.4. The van der Waals surface area contributed by atoms with E-state index in [0.717, 1.165) is 0 Å². The van der Waals surface area contributed by atoms with Crippen LogP contribution in [0.2, 0.25) is 5.02 Å². The number of halogens is 1. The van der Waals surface area contributed by atoms with Gasteiger partial charge in [-0.2, -0.15) is 5.10 Å². The number of aromatic amines is 1. The Bertz CT molecular complexity index is 1010. The molecule has 0 aliphatic carbocycles.